The normalized spacial score (nSPS) is 28.4. The highest BCUT2D eigenvalue weighted by Crippen LogP contribution is 2.41. The highest BCUT2D eigenvalue weighted by molar-refractivity contribution is 7.09. The van der Waals surface area contributed by atoms with Gasteiger partial charge in [0.05, 0.1) is 0 Å². The van der Waals surface area contributed by atoms with Gasteiger partial charge in [-0.1, -0.05) is 19.4 Å². The Balaban J connectivity index is 2.23. The van der Waals surface area contributed by atoms with Crippen molar-refractivity contribution in [2.45, 2.75) is 58.2 Å². The van der Waals surface area contributed by atoms with Crippen LogP contribution in [0.3, 0.4) is 0 Å². The van der Waals surface area contributed by atoms with Crippen molar-refractivity contribution in [1.29, 1.82) is 0 Å². The Kier molecular flexibility index (Phi) is 4.46. The van der Waals surface area contributed by atoms with E-state index in [2.05, 4.69) is 43.2 Å². The lowest BCUT2D eigenvalue weighted by Crippen LogP contribution is -2.57. The Morgan fingerprint density at radius 3 is 2.78 bits per heavy atom. The molecule has 0 amide bonds. The summed E-state index contributed by atoms with van der Waals surface area (Å²) in [5, 5.41) is 2.17. The van der Waals surface area contributed by atoms with E-state index in [1.165, 1.54) is 24.1 Å². The number of nitrogens with zero attached hydrogens (tertiary/aromatic N) is 1. The summed E-state index contributed by atoms with van der Waals surface area (Å²) < 4.78 is 0. The molecule has 2 atom stereocenters. The molecule has 18 heavy (non-hydrogen) atoms. The molecule has 0 bridgehead atoms. The van der Waals surface area contributed by atoms with Crippen LogP contribution in [0.4, 0.5) is 0 Å². The third-order valence-electron chi connectivity index (χ3n) is 4.62. The van der Waals surface area contributed by atoms with Crippen LogP contribution < -0.4 is 5.73 Å². The number of hydrogen-bond acceptors (Lipinski definition) is 3. The van der Waals surface area contributed by atoms with E-state index >= 15 is 0 Å². The first kappa shape index (κ1) is 14.0. The van der Waals surface area contributed by atoms with Gasteiger partial charge in [0.15, 0.2) is 0 Å². The first-order chi connectivity index (χ1) is 8.60. The third kappa shape index (κ3) is 2.49. The summed E-state index contributed by atoms with van der Waals surface area (Å²) in [7, 11) is 0. The van der Waals surface area contributed by atoms with E-state index in [4.69, 9.17) is 5.73 Å². The van der Waals surface area contributed by atoms with Gasteiger partial charge in [-0.3, -0.25) is 4.90 Å². The lowest BCUT2D eigenvalue weighted by Gasteiger charge is -2.46. The van der Waals surface area contributed by atoms with E-state index in [1.807, 2.05) is 11.3 Å². The van der Waals surface area contributed by atoms with Gasteiger partial charge >= 0.3 is 0 Å². The fourth-order valence-electron chi connectivity index (χ4n) is 3.50. The molecule has 0 radical (unpaired) electrons. The van der Waals surface area contributed by atoms with E-state index in [1.54, 1.807) is 0 Å². The fourth-order valence-corrected chi connectivity index (χ4v) is 4.20. The quantitative estimate of drug-likeness (QED) is 0.884. The number of thiophene rings is 1. The van der Waals surface area contributed by atoms with Gasteiger partial charge in [0, 0.05) is 29.5 Å². The minimum Gasteiger partial charge on any atom is -0.329 e. The average molecular weight is 266 g/mol. The predicted molar refractivity (Wildman–Crippen MR) is 79.8 cm³/mol. The van der Waals surface area contributed by atoms with Crippen molar-refractivity contribution in [1.82, 2.24) is 4.90 Å². The lowest BCUT2D eigenvalue weighted by molar-refractivity contribution is 0.0282. The van der Waals surface area contributed by atoms with Crippen LogP contribution in [0.2, 0.25) is 0 Å². The van der Waals surface area contributed by atoms with E-state index in [-0.39, 0.29) is 5.54 Å². The molecule has 0 saturated heterocycles. The summed E-state index contributed by atoms with van der Waals surface area (Å²) in [6, 6.07) is 4.94. The van der Waals surface area contributed by atoms with Crippen LogP contribution >= 0.6 is 11.3 Å². The van der Waals surface area contributed by atoms with Crippen LogP contribution in [0.5, 0.6) is 0 Å². The molecule has 1 heterocycles. The standard InChI is InChI=1S/C15H26N2S/c1-12(2)17(10-14-7-5-9-18-14)15(11-16)8-4-6-13(15)3/h5,7,9,12-13H,4,6,8,10-11,16H2,1-3H3. The topological polar surface area (TPSA) is 29.3 Å². The summed E-state index contributed by atoms with van der Waals surface area (Å²) in [6.45, 7) is 8.82. The van der Waals surface area contributed by atoms with E-state index in [0.29, 0.717) is 12.0 Å². The second-order valence-electron chi connectivity index (χ2n) is 5.90. The summed E-state index contributed by atoms with van der Waals surface area (Å²) in [5.41, 5.74) is 6.41. The molecule has 2 nitrogen and oxygen atoms in total. The van der Waals surface area contributed by atoms with Crippen molar-refractivity contribution in [3.63, 3.8) is 0 Å². The predicted octanol–water partition coefficient (Wildman–Crippen LogP) is 3.48. The van der Waals surface area contributed by atoms with Crippen LogP contribution in [0.25, 0.3) is 0 Å². The summed E-state index contributed by atoms with van der Waals surface area (Å²) in [4.78, 5) is 4.10. The van der Waals surface area contributed by atoms with E-state index < -0.39 is 0 Å². The third-order valence-corrected chi connectivity index (χ3v) is 5.48. The molecule has 2 N–H and O–H groups in total. The Hall–Kier alpha value is -0.380. The molecule has 2 unspecified atom stereocenters. The monoisotopic (exact) mass is 266 g/mol. The first-order valence-corrected chi connectivity index (χ1v) is 7.97. The second kappa shape index (κ2) is 5.72. The maximum absolute atomic E-state index is 6.19. The van der Waals surface area contributed by atoms with Gasteiger partial charge in [0.2, 0.25) is 0 Å². The molecule has 1 saturated carbocycles. The summed E-state index contributed by atoms with van der Waals surface area (Å²) >= 11 is 1.86. The fraction of sp³-hybridized carbons (Fsp3) is 0.733. The van der Waals surface area contributed by atoms with Gasteiger partial charge < -0.3 is 5.73 Å². The minimum atomic E-state index is 0.220. The van der Waals surface area contributed by atoms with Gasteiger partial charge in [-0.05, 0) is 44.1 Å². The number of hydrogen-bond donors (Lipinski definition) is 1. The molecule has 0 aromatic carbocycles. The van der Waals surface area contributed by atoms with Crippen molar-refractivity contribution < 1.29 is 0 Å². The summed E-state index contributed by atoms with van der Waals surface area (Å²) in [6.07, 6.45) is 3.91. The van der Waals surface area contributed by atoms with Crippen molar-refractivity contribution in [3.05, 3.63) is 22.4 Å². The highest BCUT2D eigenvalue weighted by atomic mass is 32.1. The van der Waals surface area contributed by atoms with Crippen molar-refractivity contribution >= 4 is 11.3 Å². The Bertz CT molecular complexity index is 361. The van der Waals surface area contributed by atoms with Crippen molar-refractivity contribution in [2.24, 2.45) is 11.7 Å². The van der Waals surface area contributed by atoms with Crippen molar-refractivity contribution in [3.8, 4) is 0 Å². The summed E-state index contributed by atoms with van der Waals surface area (Å²) in [5.74, 6) is 0.713. The molecule has 1 aliphatic rings. The zero-order chi connectivity index (χ0) is 13.2. The molecule has 0 spiro atoms. The van der Waals surface area contributed by atoms with Crippen LogP contribution in [0.1, 0.15) is 44.9 Å². The lowest BCUT2D eigenvalue weighted by atomic mass is 9.85. The van der Waals surface area contributed by atoms with Crippen LogP contribution in [-0.4, -0.2) is 23.0 Å². The van der Waals surface area contributed by atoms with Gasteiger partial charge in [-0.2, -0.15) is 0 Å². The van der Waals surface area contributed by atoms with Crippen LogP contribution in [-0.2, 0) is 6.54 Å². The molecule has 1 aromatic heterocycles. The van der Waals surface area contributed by atoms with Gasteiger partial charge in [-0.25, -0.2) is 0 Å². The number of rotatable bonds is 5. The Morgan fingerprint density at radius 1 is 1.56 bits per heavy atom. The largest absolute Gasteiger partial charge is 0.329 e. The van der Waals surface area contributed by atoms with Gasteiger partial charge in [0.25, 0.3) is 0 Å². The zero-order valence-corrected chi connectivity index (χ0v) is 12.7. The van der Waals surface area contributed by atoms with Crippen molar-refractivity contribution in [2.75, 3.05) is 6.54 Å². The SMILES string of the molecule is CC(C)N(Cc1cccs1)C1(CN)CCCC1C. The second-order valence-corrected chi connectivity index (χ2v) is 6.93. The average Bonchev–Trinajstić information content (AvgIpc) is 2.96. The van der Waals surface area contributed by atoms with Gasteiger partial charge in [0.1, 0.15) is 0 Å². The molecule has 102 valence electrons. The van der Waals surface area contributed by atoms with Crippen LogP contribution in [0.15, 0.2) is 17.5 Å². The molecule has 1 aliphatic carbocycles. The minimum absolute atomic E-state index is 0.220. The number of nitrogens with two attached hydrogens (primary N) is 1. The van der Waals surface area contributed by atoms with E-state index in [9.17, 15) is 0 Å². The molecular weight excluding hydrogens is 240 g/mol. The Morgan fingerprint density at radius 2 is 2.33 bits per heavy atom. The first-order valence-electron chi connectivity index (χ1n) is 7.09. The Labute approximate surface area is 115 Å². The highest BCUT2D eigenvalue weighted by Gasteiger charge is 2.44. The van der Waals surface area contributed by atoms with Crippen LogP contribution in [0, 0.1) is 5.92 Å². The molecule has 3 heteroatoms. The molecule has 1 aromatic rings. The molecular formula is C15H26N2S. The zero-order valence-electron chi connectivity index (χ0n) is 11.9. The molecule has 2 rings (SSSR count). The maximum Gasteiger partial charge on any atom is 0.0363 e. The van der Waals surface area contributed by atoms with E-state index in [0.717, 1.165) is 13.1 Å². The van der Waals surface area contributed by atoms with Gasteiger partial charge in [-0.15, -0.1) is 11.3 Å². The maximum atomic E-state index is 6.19. The molecule has 1 fully saturated rings. The smallest absolute Gasteiger partial charge is 0.0363 e. The molecule has 0 aliphatic heterocycles.